The van der Waals surface area contributed by atoms with Crippen LogP contribution in [0.15, 0.2) is 0 Å². The minimum atomic E-state index is 0. The highest BCUT2D eigenvalue weighted by atomic mass is 35.5. The van der Waals surface area contributed by atoms with Crippen LogP contribution in [0.1, 0.15) is 46.0 Å². The maximum absolute atomic E-state index is 12.7. The predicted octanol–water partition coefficient (Wildman–Crippen LogP) is 2.54. The monoisotopic (exact) mass is 353 g/mol. The van der Waals surface area contributed by atoms with Crippen molar-refractivity contribution >= 4 is 30.7 Å². The third-order valence-corrected chi connectivity index (χ3v) is 5.57. The molecule has 6 heteroatoms. The molecular weight excluding hydrogens is 321 g/mol. The minimum Gasteiger partial charge on any atom is -0.342 e. The van der Waals surface area contributed by atoms with Gasteiger partial charge < -0.3 is 15.5 Å². The third-order valence-electron chi connectivity index (χ3n) is 5.57. The molecule has 0 aromatic carbocycles. The summed E-state index contributed by atoms with van der Waals surface area (Å²) in [5, 5.41) is 0. The largest absolute Gasteiger partial charge is 0.342 e. The summed E-state index contributed by atoms with van der Waals surface area (Å²) in [6.07, 6.45) is 5.55. The minimum absolute atomic E-state index is 0. The second kappa shape index (κ2) is 9.96. The van der Waals surface area contributed by atoms with Crippen molar-refractivity contribution in [3.05, 3.63) is 0 Å². The topological polar surface area (TPSA) is 49.6 Å². The van der Waals surface area contributed by atoms with E-state index >= 15 is 0 Å². The van der Waals surface area contributed by atoms with E-state index in [4.69, 9.17) is 5.73 Å². The Morgan fingerprint density at radius 2 is 1.95 bits per heavy atom. The number of carbonyl (C=O) groups is 1. The fraction of sp³-hybridized carbons (Fsp3) is 0.938. The van der Waals surface area contributed by atoms with Crippen LogP contribution < -0.4 is 5.73 Å². The van der Waals surface area contributed by atoms with Gasteiger partial charge in [-0.15, -0.1) is 24.8 Å². The average Bonchev–Trinajstić information content (AvgIpc) is 2.94. The highest BCUT2D eigenvalue weighted by Crippen LogP contribution is 2.33. The number of hydrogen-bond acceptors (Lipinski definition) is 3. The van der Waals surface area contributed by atoms with E-state index in [1.807, 2.05) is 11.9 Å². The second-order valence-corrected chi connectivity index (χ2v) is 6.64. The predicted molar refractivity (Wildman–Crippen MR) is 96.9 cm³/mol. The number of nitrogens with zero attached hydrogens (tertiary/aromatic N) is 2. The van der Waals surface area contributed by atoms with Crippen molar-refractivity contribution in [1.29, 1.82) is 0 Å². The Bertz CT molecular complexity index is 343. The number of likely N-dealkylation sites (tertiary alicyclic amines) is 1. The van der Waals surface area contributed by atoms with Crippen molar-refractivity contribution in [2.45, 2.75) is 58.0 Å². The first-order valence-electron chi connectivity index (χ1n) is 8.29. The van der Waals surface area contributed by atoms with Crippen LogP contribution in [0, 0.1) is 11.8 Å². The molecule has 1 aliphatic carbocycles. The van der Waals surface area contributed by atoms with Gasteiger partial charge in [0.1, 0.15) is 0 Å². The first kappa shape index (κ1) is 22.0. The molecule has 132 valence electrons. The number of halogens is 2. The van der Waals surface area contributed by atoms with Gasteiger partial charge in [0.2, 0.25) is 5.91 Å². The number of piperidine rings is 1. The number of rotatable bonds is 4. The highest BCUT2D eigenvalue weighted by Gasteiger charge is 2.37. The molecule has 0 spiro atoms. The maximum Gasteiger partial charge on any atom is 0.226 e. The first-order valence-corrected chi connectivity index (χ1v) is 8.29. The zero-order chi connectivity index (χ0) is 14.7. The van der Waals surface area contributed by atoms with Crippen LogP contribution in [0.4, 0.5) is 0 Å². The van der Waals surface area contributed by atoms with E-state index in [0.717, 1.165) is 45.2 Å². The maximum atomic E-state index is 12.7. The molecule has 1 aliphatic heterocycles. The van der Waals surface area contributed by atoms with Crippen molar-refractivity contribution in [2.75, 3.05) is 26.7 Å². The van der Waals surface area contributed by atoms with E-state index in [1.165, 1.54) is 0 Å². The summed E-state index contributed by atoms with van der Waals surface area (Å²) >= 11 is 0. The van der Waals surface area contributed by atoms with Crippen molar-refractivity contribution in [3.8, 4) is 0 Å². The summed E-state index contributed by atoms with van der Waals surface area (Å²) < 4.78 is 0. The molecule has 1 amide bonds. The van der Waals surface area contributed by atoms with Crippen LogP contribution in [0.25, 0.3) is 0 Å². The summed E-state index contributed by atoms with van der Waals surface area (Å²) in [5.74, 6) is 0.947. The van der Waals surface area contributed by atoms with Crippen LogP contribution in [-0.2, 0) is 4.79 Å². The normalized spacial score (nSPS) is 32.0. The molecule has 4 nitrogen and oxygen atoms in total. The van der Waals surface area contributed by atoms with Crippen molar-refractivity contribution in [3.63, 3.8) is 0 Å². The molecule has 1 heterocycles. The first-order chi connectivity index (χ1) is 9.58. The molecule has 0 bridgehead atoms. The van der Waals surface area contributed by atoms with Crippen LogP contribution in [0.2, 0.25) is 0 Å². The van der Waals surface area contributed by atoms with Gasteiger partial charge in [0.05, 0.1) is 0 Å². The standard InChI is InChI=1S/C16H31N3O.2ClH/c1-4-19-9-8-14(10-12(19)2)18(3)16(20)15-7-5-6-13(15)11-17;;/h12-15H,4-11,17H2,1-3H3;2*1H/t12?,13-,14?,15-;;/m1../s1. The fourth-order valence-electron chi connectivity index (χ4n) is 4.10. The lowest BCUT2D eigenvalue weighted by Crippen LogP contribution is -2.51. The number of hydrogen-bond donors (Lipinski definition) is 1. The van der Waals surface area contributed by atoms with E-state index in [-0.39, 0.29) is 30.7 Å². The summed E-state index contributed by atoms with van der Waals surface area (Å²) in [7, 11) is 2.01. The van der Waals surface area contributed by atoms with Gasteiger partial charge in [0, 0.05) is 31.6 Å². The van der Waals surface area contributed by atoms with Crippen LogP contribution >= 0.6 is 24.8 Å². The molecule has 2 N–H and O–H groups in total. The van der Waals surface area contributed by atoms with Gasteiger partial charge >= 0.3 is 0 Å². The molecule has 0 radical (unpaired) electrons. The van der Waals surface area contributed by atoms with Gasteiger partial charge in [0.25, 0.3) is 0 Å². The molecule has 2 rings (SSSR count). The summed E-state index contributed by atoms with van der Waals surface area (Å²) in [4.78, 5) is 17.3. The lowest BCUT2D eigenvalue weighted by atomic mass is 9.92. The van der Waals surface area contributed by atoms with E-state index in [2.05, 4.69) is 18.7 Å². The van der Waals surface area contributed by atoms with Crippen molar-refractivity contribution in [1.82, 2.24) is 9.80 Å². The van der Waals surface area contributed by atoms with Crippen molar-refractivity contribution < 1.29 is 4.79 Å². The molecule has 4 atom stereocenters. The van der Waals surface area contributed by atoms with Crippen LogP contribution in [0.3, 0.4) is 0 Å². The molecule has 22 heavy (non-hydrogen) atoms. The SMILES string of the molecule is CCN1CCC(N(C)C(=O)[C@@H]2CCC[C@@H]2CN)CC1C.Cl.Cl. The Kier molecular flexibility index (Phi) is 9.95. The quantitative estimate of drug-likeness (QED) is 0.844. The summed E-state index contributed by atoms with van der Waals surface area (Å²) in [6, 6.07) is 1.00. The number of carbonyl (C=O) groups excluding carboxylic acids is 1. The summed E-state index contributed by atoms with van der Waals surface area (Å²) in [5.41, 5.74) is 5.82. The Hall–Kier alpha value is -0.0300. The lowest BCUT2D eigenvalue weighted by Gasteiger charge is -2.41. The van der Waals surface area contributed by atoms with Gasteiger partial charge in [-0.3, -0.25) is 4.79 Å². The number of nitrogens with two attached hydrogens (primary N) is 1. The van der Waals surface area contributed by atoms with Gasteiger partial charge in [-0.25, -0.2) is 0 Å². The molecule has 2 unspecified atom stereocenters. The molecule has 1 saturated heterocycles. The lowest BCUT2D eigenvalue weighted by molar-refractivity contribution is -0.138. The zero-order valence-corrected chi connectivity index (χ0v) is 15.8. The Morgan fingerprint density at radius 1 is 1.27 bits per heavy atom. The van der Waals surface area contributed by atoms with Gasteiger partial charge in [-0.1, -0.05) is 13.3 Å². The van der Waals surface area contributed by atoms with E-state index in [9.17, 15) is 4.79 Å². The zero-order valence-electron chi connectivity index (χ0n) is 14.2. The third kappa shape index (κ3) is 4.73. The van der Waals surface area contributed by atoms with Gasteiger partial charge in [-0.05, 0) is 51.6 Å². The molecule has 0 aromatic heterocycles. The molecule has 2 aliphatic rings. The molecule has 0 aromatic rings. The van der Waals surface area contributed by atoms with Gasteiger partial charge in [-0.2, -0.15) is 0 Å². The highest BCUT2D eigenvalue weighted by molar-refractivity contribution is 5.85. The van der Waals surface area contributed by atoms with E-state index in [1.54, 1.807) is 0 Å². The molecule has 2 fully saturated rings. The number of amides is 1. The summed E-state index contributed by atoms with van der Waals surface area (Å²) in [6.45, 7) is 7.39. The molecular formula is C16H33Cl2N3O. The second-order valence-electron chi connectivity index (χ2n) is 6.64. The Balaban J connectivity index is 0.00000220. The smallest absolute Gasteiger partial charge is 0.226 e. The molecule has 1 saturated carbocycles. The average molecular weight is 354 g/mol. The Morgan fingerprint density at radius 3 is 2.50 bits per heavy atom. The van der Waals surface area contributed by atoms with Crippen molar-refractivity contribution in [2.24, 2.45) is 17.6 Å². The van der Waals surface area contributed by atoms with Crippen LogP contribution in [0.5, 0.6) is 0 Å². The van der Waals surface area contributed by atoms with E-state index < -0.39 is 0 Å². The van der Waals surface area contributed by atoms with E-state index in [0.29, 0.717) is 30.5 Å². The Labute approximate surface area is 148 Å². The van der Waals surface area contributed by atoms with Crippen LogP contribution in [-0.4, -0.2) is 54.5 Å². The van der Waals surface area contributed by atoms with Gasteiger partial charge in [0.15, 0.2) is 0 Å². The fourth-order valence-corrected chi connectivity index (χ4v) is 4.10.